The molecule has 33 heavy (non-hydrogen) atoms. The minimum absolute atomic E-state index is 0.545. The molecule has 0 spiro atoms. The molecule has 3 heterocycles. The molecule has 0 amide bonds. The first-order valence-corrected chi connectivity index (χ1v) is 10.7. The van der Waals surface area contributed by atoms with Gasteiger partial charge in [-0.2, -0.15) is 15.5 Å². The van der Waals surface area contributed by atoms with E-state index in [4.69, 9.17) is 10.4 Å². The van der Waals surface area contributed by atoms with Gasteiger partial charge in [0.05, 0.1) is 40.0 Å². The fourth-order valence-corrected chi connectivity index (χ4v) is 4.48. The van der Waals surface area contributed by atoms with E-state index in [1.54, 1.807) is 18.5 Å². The number of aliphatic hydroxyl groups is 1. The fraction of sp³-hybridized carbons (Fsp3) is 0.320. The number of hydrogen-bond acceptors (Lipinski definition) is 6. The molecule has 4 rings (SSSR count). The maximum atomic E-state index is 10.5. The maximum absolute atomic E-state index is 10.5. The fourth-order valence-electron chi connectivity index (χ4n) is 4.48. The highest BCUT2D eigenvalue weighted by atomic mass is 16.3. The van der Waals surface area contributed by atoms with Crippen LogP contribution < -0.4 is 0 Å². The van der Waals surface area contributed by atoms with Crippen LogP contribution in [0.25, 0.3) is 17.1 Å². The van der Waals surface area contributed by atoms with Crippen molar-refractivity contribution >= 4 is 0 Å². The van der Waals surface area contributed by atoms with Crippen molar-refractivity contribution in [3.63, 3.8) is 0 Å². The predicted octanol–water partition coefficient (Wildman–Crippen LogP) is 3.68. The van der Waals surface area contributed by atoms with E-state index in [2.05, 4.69) is 28.1 Å². The first-order valence-electron chi connectivity index (χ1n) is 10.7. The Morgan fingerprint density at radius 1 is 1.06 bits per heavy atom. The van der Waals surface area contributed by atoms with Crippen LogP contribution in [-0.2, 0) is 19.1 Å². The molecule has 1 aromatic carbocycles. The molecule has 0 bridgehead atoms. The lowest BCUT2D eigenvalue weighted by molar-refractivity contribution is 0.0772. The zero-order valence-corrected chi connectivity index (χ0v) is 19.7. The maximum Gasteiger partial charge on any atom is 0.157 e. The summed E-state index contributed by atoms with van der Waals surface area (Å²) in [6.07, 6.45) is 2.08. The Hall–Kier alpha value is -3.83. The van der Waals surface area contributed by atoms with Crippen molar-refractivity contribution in [3.05, 3.63) is 76.1 Å². The molecule has 0 aliphatic heterocycles. The molecule has 0 unspecified atom stereocenters. The molecule has 8 nitrogen and oxygen atoms in total. The molecule has 3 aromatic heterocycles. The van der Waals surface area contributed by atoms with Crippen molar-refractivity contribution in [1.82, 2.24) is 29.5 Å². The monoisotopic (exact) mass is 441 g/mol. The normalized spacial score (nSPS) is 11.6. The molecule has 8 heteroatoms. The zero-order chi connectivity index (χ0) is 23.9. The van der Waals surface area contributed by atoms with Gasteiger partial charge in [-0.25, -0.2) is 14.6 Å². The van der Waals surface area contributed by atoms with E-state index in [9.17, 15) is 5.11 Å². The van der Waals surface area contributed by atoms with Crippen LogP contribution in [0.5, 0.6) is 0 Å². The summed E-state index contributed by atoms with van der Waals surface area (Å²) < 4.78 is 3.62. The average molecular weight is 442 g/mol. The van der Waals surface area contributed by atoms with Crippen molar-refractivity contribution in [2.45, 2.75) is 46.6 Å². The van der Waals surface area contributed by atoms with Crippen LogP contribution in [0.2, 0.25) is 0 Å². The molecule has 0 radical (unpaired) electrons. The summed E-state index contributed by atoms with van der Waals surface area (Å²) in [6.45, 7) is 9.39. The molecular weight excluding hydrogens is 414 g/mol. The van der Waals surface area contributed by atoms with E-state index in [1.807, 2.05) is 55.9 Å². The number of rotatable bonds is 5. The first-order chi connectivity index (χ1) is 15.6. The molecule has 1 N–H and O–H groups in total. The van der Waals surface area contributed by atoms with Crippen LogP contribution in [0.1, 0.15) is 53.3 Å². The molecule has 0 atom stereocenters. The first kappa shape index (κ1) is 22.4. The van der Waals surface area contributed by atoms with Gasteiger partial charge in [0.15, 0.2) is 5.82 Å². The highest BCUT2D eigenvalue weighted by Crippen LogP contribution is 2.29. The van der Waals surface area contributed by atoms with Crippen LogP contribution >= 0.6 is 0 Å². The molecule has 0 saturated carbocycles. The van der Waals surface area contributed by atoms with Crippen molar-refractivity contribution in [2.24, 2.45) is 7.05 Å². The summed E-state index contributed by atoms with van der Waals surface area (Å²) in [5.74, 6) is 0.650. The van der Waals surface area contributed by atoms with Crippen molar-refractivity contribution < 1.29 is 5.11 Å². The number of benzene rings is 1. The van der Waals surface area contributed by atoms with Crippen LogP contribution in [0.4, 0.5) is 0 Å². The van der Waals surface area contributed by atoms with Crippen LogP contribution in [0.15, 0.2) is 36.7 Å². The lowest BCUT2D eigenvalue weighted by Crippen LogP contribution is -2.18. The minimum Gasteiger partial charge on any atom is -0.386 e. The predicted molar refractivity (Wildman–Crippen MR) is 125 cm³/mol. The third-order valence-electron chi connectivity index (χ3n) is 5.85. The topological polar surface area (TPSA) is 105 Å². The summed E-state index contributed by atoms with van der Waals surface area (Å²) in [4.78, 5) is 8.87. The second-order valence-corrected chi connectivity index (χ2v) is 8.79. The Morgan fingerprint density at radius 3 is 2.36 bits per heavy atom. The molecular formula is C25H27N7O. The van der Waals surface area contributed by atoms with E-state index >= 15 is 0 Å². The average Bonchev–Trinajstić information content (AvgIpc) is 3.22. The molecule has 0 aliphatic carbocycles. The van der Waals surface area contributed by atoms with Gasteiger partial charge in [0, 0.05) is 36.4 Å². The van der Waals surface area contributed by atoms with Crippen molar-refractivity contribution in [1.29, 1.82) is 5.26 Å². The third kappa shape index (κ3) is 4.15. The molecule has 0 saturated heterocycles. The number of aromatic nitrogens is 6. The molecule has 0 fully saturated rings. The Labute approximate surface area is 193 Å². The van der Waals surface area contributed by atoms with Crippen LogP contribution in [0, 0.1) is 32.1 Å². The van der Waals surface area contributed by atoms with Gasteiger partial charge in [-0.05, 0) is 52.3 Å². The molecule has 0 aliphatic rings. The van der Waals surface area contributed by atoms with Gasteiger partial charge in [0.2, 0.25) is 0 Å². The standard InChI is InChI=1S/C25H27N7O/c1-15-21(30-31(6)24(15)19-9-7-18(13-26)8-10-19)11-20-12-22(28-14-27-20)32-17(3)23(16(2)29-32)25(4,5)33/h7-10,12,14,33H,11H2,1-6H3. The lowest BCUT2D eigenvalue weighted by atomic mass is 9.96. The number of nitriles is 1. The smallest absolute Gasteiger partial charge is 0.157 e. The van der Waals surface area contributed by atoms with Gasteiger partial charge in [0.1, 0.15) is 6.33 Å². The summed E-state index contributed by atoms with van der Waals surface area (Å²) in [5, 5.41) is 28.9. The van der Waals surface area contributed by atoms with E-state index in [0.717, 1.165) is 45.2 Å². The van der Waals surface area contributed by atoms with Gasteiger partial charge in [-0.1, -0.05) is 12.1 Å². The SMILES string of the molecule is Cc1nn(-c2cc(Cc3nn(C)c(-c4ccc(C#N)cc4)c3C)ncn2)c(C)c1C(C)(C)O. The molecule has 4 aromatic rings. The van der Waals surface area contributed by atoms with Crippen LogP contribution in [-0.4, -0.2) is 34.6 Å². The van der Waals surface area contributed by atoms with Gasteiger partial charge < -0.3 is 5.11 Å². The number of hydrogen-bond donors (Lipinski definition) is 1. The van der Waals surface area contributed by atoms with Gasteiger partial charge in [-0.15, -0.1) is 0 Å². The minimum atomic E-state index is -0.991. The Morgan fingerprint density at radius 2 is 1.76 bits per heavy atom. The van der Waals surface area contributed by atoms with E-state index in [1.165, 1.54) is 6.33 Å². The largest absolute Gasteiger partial charge is 0.386 e. The summed E-state index contributed by atoms with van der Waals surface area (Å²) >= 11 is 0. The van der Waals surface area contributed by atoms with E-state index < -0.39 is 5.60 Å². The van der Waals surface area contributed by atoms with Gasteiger partial charge in [0.25, 0.3) is 0 Å². The van der Waals surface area contributed by atoms with Crippen molar-refractivity contribution in [3.8, 4) is 23.1 Å². The van der Waals surface area contributed by atoms with E-state index in [0.29, 0.717) is 17.8 Å². The zero-order valence-electron chi connectivity index (χ0n) is 19.7. The quantitative estimate of drug-likeness (QED) is 0.506. The summed E-state index contributed by atoms with van der Waals surface area (Å²) in [6, 6.07) is 11.6. The van der Waals surface area contributed by atoms with E-state index in [-0.39, 0.29) is 0 Å². The number of aryl methyl sites for hydroxylation is 2. The number of nitrogens with zero attached hydrogens (tertiary/aromatic N) is 7. The molecule has 168 valence electrons. The Kier molecular flexibility index (Phi) is 5.60. The van der Waals surface area contributed by atoms with Crippen LogP contribution in [0.3, 0.4) is 0 Å². The summed E-state index contributed by atoms with van der Waals surface area (Å²) in [7, 11) is 1.92. The van der Waals surface area contributed by atoms with Gasteiger partial charge >= 0.3 is 0 Å². The summed E-state index contributed by atoms with van der Waals surface area (Å²) in [5.41, 5.74) is 6.90. The second kappa shape index (κ2) is 8.26. The third-order valence-corrected chi connectivity index (χ3v) is 5.85. The second-order valence-electron chi connectivity index (χ2n) is 8.79. The lowest BCUT2D eigenvalue weighted by Gasteiger charge is -2.18. The highest BCUT2D eigenvalue weighted by Gasteiger charge is 2.26. The Balaban J connectivity index is 1.67. The van der Waals surface area contributed by atoms with Crippen molar-refractivity contribution in [2.75, 3.05) is 0 Å². The van der Waals surface area contributed by atoms with Gasteiger partial charge in [-0.3, -0.25) is 4.68 Å². The Bertz CT molecular complexity index is 1370. The highest BCUT2D eigenvalue weighted by molar-refractivity contribution is 5.65.